The Bertz CT molecular complexity index is 672. The van der Waals surface area contributed by atoms with E-state index < -0.39 is 0 Å². The van der Waals surface area contributed by atoms with Gasteiger partial charge in [-0.15, -0.1) is 0 Å². The van der Waals surface area contributed by atoms with Crippen LogP contribution in [0.15, 0.2) is 52.9 Å². The van der Waals surface area contributed by atoms with Crippen LogP contribution in [-0.2, 0) is 6.54 Å². The Morgan fingerprint density at radius 2 is 1.84 bits per heavy atom. The van der Waals surface area contributed by atoms with Crippen LogP contribution in [-0.4, -0.2) is 12.0 Å². The molecule has 0 bridgehead atoms. The van der Waals surface area contributed by atoms with Gasteiger partial charge >= 0.3 is 0 Å². The van der Waals surface area contributed by atoms with Gasteiger partial charge in [-0.1, -0.05) is 30.3 Å². The molecule has 19 heavy (non-hydrogen) atoms. The number of rotatable bonds is 3. The summed E-state index contributed by atoms with van der Waals surface area (Å²) < 4.78 is 5.72. The molecule has 0 unspecified atom stereocenters. The summed E-state index contributed by atoms with van der Waals surface area (Å²) in [6, 6.07) is 16.2. The first-order valence-corrected chi connectivity index (χ1v) is 6.14. The van der Waals surface area contributed by atoms with E-state index in [4.69, 9.17) is 10.2 Å². The minimum absolute atomic E-state index is 0.601. The van der Waals surface area contributed by atoms with Crippen LogP contribution in [0, 0.1) is 0 Å². The molecular formula is C15H15N3O. The third kappa shape index (κ3) is 2.25. The summed E-state index contributed by atoms with van der Waals surface area (Å²) in [5.41, 5.74) is 9.45. The zero-order valence-corrected chi connectivity index (χ0v) is 10.7. The molecule has 0 spiro atoms. The van der Waals surface area contributed by atoms with Crippen LogP contribution in [0.2, 0.25) is 0 Å². The maximum absolute atomic E-state index is 5.94. The summed E-state index contributed by atoms with van der Waals surface area (Å²) in [4.78, 5) is 6.41. The van der Waals surface area contributed by atoms with Gasteiger partial charge in [-0.3, -0.25) is 0 Å². The van der Waals surface area contributed by atoms with Gasteiger partial charge in [-0.25, -0.2) is 0 Å². The molecule has 96 valence electrons. The number of hydrogen-bond donors (Lipinski definition) is 1. The summed E-state index contributed by atoms with van der Waals surface area (Å²) in [5, 5.41) is 0. The Kier molecular flexibility index (Phi) is 2.83. The monoisotopic (exact) mass is 253 g/mol. The number of nitrogens with two attached hydrogens (primary N) is 1. The first-order chi connectivity index (χ1) is 9.24. The van der Waals surface area contributed by atoms with Gasteiger partial charge in [0.1, 0.15) is 5.52 Å². The first-order valence-electron chi connectivity index (χ1n) is 6.14. The van der Waals surface area contributed by atoms with Gasteiger partial charge in [0.05, 0.1) is 0 Å². The van der Waals surface area contributed by atoms with E-state index in [0.29, 0.717) is 12.6 Å². The number of benzene rings is 2. The maximum Gasteiger partial charge on any atom is 0.298 e. The van der Waals surface area contributed by atoms with Crippen LogP contribution in [0.3, 0.4) is 0 Å². The number of para-hydroxylation sites is 3. The second kappa shape index (κ2) is 4.65. The van der Waals surface area contributed by atoms with E-state index in [1.807, 2.05) is 60.5 Å². The molecule has 0 saturated carbocycles. The van der Waals surface area contributed by atoms with Gasteiger partial charge < -0.3 is 15.1 Å². The molecule has 1 heterocycles. The predicted molar refractivity (Wildman–Crippen MR) is 77.0 cm³/mol. The second-order valence-corrected chi connectivity index (χ2v) is 4.52. The molecule has 4 heteroatoms. The Hall–Kier alpha value is -2.49. The summed E-state index contributed by atoms with van der Waals surface area (Å²) in [7, 11) is 1.94. The maximum atomic E-state index is 5.94. The topological polar surface area (TPSA) is 55.3 Å². The molecular weight excluding hydrogens is 238 g/mol. The average molecular weight is 253 g/mol. The number of anilines is 2. The third-order valence-electron chi connectivity index (χ3n) is 3.07. The Morgan fingerprint density at radius 1 is 1.11 bits per heavy atom. The molecule has 0 fully saturated rings. The Labute approximate surface area is 111 Å². The van der Waals surface area contributed by atoms with Crippen molar-refractivity contribution in [3.05, 3.63) is 54.1 Å². The highest BCUT2D eigenvalue weighted by atomic mass is 16.4. The van der Waals surface area contributed by atoms with E-state index >= 15 is 0 Å². The molecule has 0 aliphatic carbocycles. The predicted octanol–water partition coefficient (Wildman–Crippen LogP) is 3.05. The lowest BCUT2D eigenvalue weighted by Gasteiger charge is -2.15. The van der Waals surface area contributed by atoms with Crippen molar-refractivity contribution in [1.82, 2.24) is 4.98 Å². The van der Waals surface area contributed by atoms with E-state index in [-0.39, 0.29) is 0 Å². The van der Waals surface area contributed by atoms with Crippen LogP contribution in [0.5, 0.6) is 0 Å². The first kappa shape index (κ1) is 11.6. The number of hydrogen-bond acceptors (Lipinski definition) is 4. The highest BCUT2D eigenvalue weighted by molar-refractivity contribution is 5.74. The minimum atomic E-state index is 0.601. The second-order valence-electron chi connectivity index (χ2n) is 4.52. The number of nitrogens with zero attached hydrogens (tertiary/aromatic N) is 2. The standard InChI is InChI=1S/C15H15N3O/c1-18(10-11-6-2-3-7-12(11)16)15-17-13-8-4-5-9-14(13)19-15/h2-9H,10,16H2,1H3. The largest absolute Gasteiger partial charge is 0.423 e. The molecule has 0 aliphatic heterocycles. The Balaban J connectivity index is 1.87. The number of fused-ring (bicyclic) bond motifs is 1. The molecule has 1 aromatic heterocycles. The minimum Gasteiger partial charge on any atom is -0.423 e. The van der Waals surface area contributed by atoms with Gasteiger partial charge in [-0.2, -0.15) is 4.98 Å². The van der Waals surface area contributed by atoms with E-state index in [1.165, 1.54) is 0 Å². The Morgan fingerprint density at radius 3 is 2.63 bits per heavy atom. The van der Waals surface area contributed by atoms with E-state index in [1.54, 1.807) is 0 Å². The van der Waals surface area contributed by atoms with E-state index in [2.05, 4.69) is 4.98 Å². The fourth-order valence-corrected chi connectivity index (χ4v) is 2.02. The average Bonchev–Trinajstić information content (AvgIpc) is 2.85. The van der Waals surface area contributed by atoms with Gasteiger partial charge in [-0.05, 0) is 23.8 Å². The highest BCUT2D eigenvalue weighted by Gasteiger charge is 2.11. The van der Waals surface area contributed by atoms with Crippen LogP contribution in [0.1, 0.15) is 5.56 Å². The summed E-state index contributed by atoms with van der Waals surface area (Å²) in [6.07, 6.45) is 0. The van der Waals surface area contributed by atoms with Crippen molar-refractivity contribution in [1.29, 1.82) is 0 Å². The van der Waals surface area contributed by atoms with Gasteiger partial charge in [0, 0.05) is 19.3 Å². The van der Waals surface area contributed by atoms with Crippen molar-refractivity contribution in [3.8, 4) is 0 Å². The van der Waals surface area contributed by atoms with Crippen molar-refractivity contribution >= 4 is 22.8 Å². The highest BCUT2D eigenvalue weighted by Crippen LogP contribution is 2.23. The molecule has 0 saturated heterocycles. The molecule has 2 aromatic carbocycles. The number of oxazole rings is 1. The van der Waals surface area contributed by atoms with E-state index in [0.717, 1.165) is 22.4 Å². The third-order valence-corrected chi connectivity index (χ3v) is 3.07. The lowest BCUT2D eigenvalue weighted by Crippen LogP contribution is -2.17. The fraction of sp³-hybridized carbons (Fsp3) is 0.133. The normalized spacial score (nSPS) is 10.8. The smallest absolute Gasteiger partial charge is 0.298 e. The van der Waals surface area contributed by atoms with Crippen molar-refractivity contribution in [3.63, 3.8) is 0 Å². The van der Waals surface area contributed by atoms with Crippen LogP contribution >= 0.6 is 0 Å². The van der Waals surface area contributed by atoms with Crippen LogP contribution in [0.4, 0.5) is 11.7 Å². The SMILES string of the molecule is CN(Cc1ccccc1N)c1nc2ccccc2o1. The molecule has 2 N–H and O–H groups in total. The fourth-order valence-electron chi connectivity index (χ4n) is 2.02. The van der Waals surface area contributed by atoms with Crippen molar-refractivity contribution in [2.45, 2.75) is 6.54 Å². The molecule has 3 rings (SSSR count). The van der Waals surface area contributed by atoms with Crippen LogP contribution in [0.25, 0.3) is 11.1 Å². The lowest BCUT2D eigenvalue weighted by atomic mass is 10.2. The molecule has 0 radical (unpaired) electrons. The zero-order chi connectivity index (χ0) is 13.2. The molecule has 0 atom stereocenters. The van der Waals surface area contributed by atoms with Gasteiger partial charge in [0.25, 0.3) is 6.01 Å². The summed E-state index contributed by atoms with van der Waals surface area (Å²) in [6.45, 7) is 0.666. The van der Waals surface area contributed by atoms with Gasteiger partial charge in [0.15, 0.2) is 5.58 Å². The van der Waals surface area contributed by atoms with Crippen LogP contribution < -0.4 is 10.6 Å². The molecule has 3 aromatic rings. The molecule has 0 amide bonds. The van der Waals surface area contributed by atoms with Crippen molar-refractivity contribution in [2.24, 2.45) is 0 Å². The van der Waals surface area contributed by atoms with Crippen molar-refractivity contribution < 1.29 is 4.42 Å². The van der Waals surface area contributed by atoms with Crippen molar-refractivity contribution in [2.75, 3.05) is 17.7 Å². The molecule has 0 aliphatic rings. The quantitative estimate of drug-likeness (QED) is 0.729. The number of aromatic nitrogens is 1. The van der Waals surface area contributed by atoms with E-state index in [9.17, 15) is 0 Å². The lowest BCUT2D eigenvalue weighted by molar-refractivity contribution is 0.582. The summed E-state index contributed by atoms with van der Waals surface area (Å²) in [5.74, 6) is 0. The van der Waals surface area contributed by atoms with Gasteiger partial charge in [0.2, 0.25) is 0 Å². The summed E-state index contributed by atoms with van der Waals surface area (Å²) >= 11 is 0. The molecule has 4 nitrogen and oxygen atoms in total. The number of nitrogen functional groups attached to an aromatic ring is 1. The zero-order valence-electron chi connectivity index (χ0n) is 10.7.